The van der Waals surface area contributed by atoms with Gasteiger partial charge in [0.1, 0.15) is 11.3 Å². The Balaban J connectivity index is 0.00000162. The van der Waals surface area contributed by atoms with Crippen LogP contribution in [0.4, 0.5) is 0 Å². The molecule has 0 aliphatic rings. The highest BCUT2D eigenvalue weighted by atomic mass is 35.5. The summed E-state index contributed by atoms with van der Waals surface area (Å²) in [5, 5.41) is 0. The number of pyridine rings is 1. The molecule has 0 aromatic carbocycles. The molecule has 18 heavy (non-hydrogen) atoms. The predicted octanol–water partition coefficient (Wildman–Crippen LogP) is 1.60. The molecule has 0 radical (unpaired) electrons. The minimum absolute atomic E-state index is 0. The Bertz CT molecular complexity index is 637. The molecule has 0 aliphatic carbocycles. The summed E-state index contributed by atoms with van der Waals surface area (Å²) < 4.78 is 6.15. The smallest absolute Gasteiger partial charge is 0.355 e. The molecule has 6 heteroatoms. The maximum atomic E-state index is 11.8. The fraction of sp³-hybridized carbons (Fsp3) is 0.250. The summed E-state index contributed by atoms with van der Waals surface area (Å²) in [4.78, 5) is 27.7. The fourth-order valence-corrected chi connectivity index (χ4v) is 1.64. The van der Waals surface area contributed by atoms with Gasteiger partial charge in [0, 0.05) is 11.8 Å². The van der Waals surface area contributed by atoms with Crippen LogP contribution in [0.25, 0.3) is 5.65 Å². The van der Waals surface area contributed by atoms with E-state index in [1.165, 1.54) is 10.5 Å². The molecule has 96 valence electrons. The Hall–Kier alpha value is -1.88. The largest absolute Gasteiger partial charge is 0.461 e. The lowest BCUT2D eigenvalue weighted by atomic mass is 10.3. The second-order valence-electron chi connectivity index (χ2n) is 3.56. The van der Waals surface area contributed by atoms with E-state index in [-0.39, 0.29) is 30.3 Å². The van der Waals surface area contributed by atoms with Crippen LogP contribution in [0.15, 0.2) is 29.1 Å². The number of aromatic nitrogens is 2. The van der Waals surface area contributed by atoms with Gasteiger partial charge in [0.05, 0.1) is 6.61 Å². The molecule has 2 aromatic heterocycles. The summed E-state index contributed by atoms with van der Waals surface area (Å²) in [7, 11) is 0. The van der Waals surface area contributed by atoms with E-state index < -0.39 is 5.97 Å². The first-order valence-electron chi connectivity index (χ1n) is 5.30. The highest BCUT2D eigenvalue weighted by molar-refractivity contribution is 5.88. The molecular formula is C12H13ClN2O3. The van der Waals surface area contributed by atoms with Crippen LogP contribution in [0, 0.1) is 6.92 Å². The molecular weight excluding hydrogens is 256 g/mol. The van der Waals surface area contributed by atoms with Crippen molar-refractivity contribution in [2.24, 2.45) is 0 Å². The summed E-state index contributed by atoms with van der Waals surface area (Å²) in [5.74, 6) is -0.522. The molecule has 0 N–H and O–H groups in total. The molecule has 0 unspecified atom stereocenters. The van der Waals surface area contributed by atoms with Gasteiger partial charge < -0.3 is 4.74 Å². The molecule has 0 atom stereocenters. The number of hydrogen-bond acceptors (Lipinski definition) is 4. The van der Waals surface area contributed by atoms with E-state index in [4.69, 9.17) is 4.74 Å². The zero-order valence-corrected chi connectivity index (χ0v) is 10.9. The Morgan fingerprint density at radius 2 is 2.17 bits per heavy atom. The fourth-order valence-electron chi connectivity index (χ4n) is 1.64. The summed E-state index contributed by atoms with van der Waals surface area (Å²) in [6, 6.07) is 6.28. The van der Waals surface area contributed by atoms with Gasteiger partial charge in [-0.2, -0.15) is 0 Å². The molecule has 2 heterocycles. The third-order valence-electron chi connectivity index (χ3n) is 2.30. The van der Waals surface area contributed by atoms with Crippen LogP contribution in [-0.2, 0) is 4.74 Å². The number of hydrogen-bond donors (Lipinski definition) is 0. The van der Waals surface area contributed by atoms with Crippen LogP contribution in [0.1, 0.15) is 23.1 Å². The highest BCUT2D eigenvalue weighted by Gasteiger charge is 2.12. The van der Waals surface area contributed by atoms with Crippen molar-refractivity contribution in [2.75, 3.05) is 6.61 Å². The third-order valence-corrected chi connectivity index (χ3v) is 2.30. The van der Waals surface area contributed by atoms with Gasteiger partial charge in [0.15, 0.2) is 0 Å². The van der Waals surface area contributed by atoms with Crippen molar-refractivity contribution in [1.29, 1.82) is 0 Å². The first-order valence-corrected chi connectivity index (χ1v) is 5.30. The SMILES string of the molecule is CCOC(=O)c1cccc2nc(C)cc(=O)n12.Cl. The van der Waals surface area contributed by atoms with E-state index in [2.05, 4.69) is 4.98 Å². The minimum atomic E-state index is -0.522. The lowest BCUT2D eigenvalue weighted by Gasteiger charge is -2.07. The second-order valence-corrected chi connectivity index (χ2v) is 3.56. The van der Waals surface area contributed by atoms with Crippen LogP contribution >= 0.6 is 12.4 Å². The van der Waals surface area contributed by atoms with Gasteiger partial charge in [0.25, 0.3) is 5.56 Å². The monoisotopic (exact) mass is 268 g/mol. The topological polar surface area (TPSA) is 60.7 Å². The number of nitrogens with zero attached hydrogens (tertiary/aromatic N) is 2. The number of carbonyl (C=O) groups excluding carboxylic acids is 1. The van der Waals surface area contributed by atoms with Crippen molar-refractivity contribution in [3.63, 3.8) is 0 Å². The normalized spacial score (nSPS) is 9.89. The highest BCUT2D eigenvalue weighted by Crippen LogP contribution is 2.05. The van der Waals surface area contributed by atoms with Crippen molar-refractivity contribution in [1.82, 2.24) is 9.38 Å². The number of fused-ring (bicyclic) bond motifs is 1. The Morgan fingerprint density at radius 3 is 2.83 bits per heavy atom. The van der Waals surface area contributed by atoms with Gasteiger partial charge >= 0.3 is 5.97 Å². The molecule has 2 rings (SSSR count). The number of rotatable bonds is 2. The van der Waals surface area contributed by atoms with Gasteiger partial charge in [0.2, 0.25) is 0 Å². The average molecular weight is 269 g/mol. The van der Waals surface area contributed by atoms with Crippen molar-refractivity contribution >= 4 is 24.0 Å². The lowest BCUT2D eigenvalue weighted by Crippen LogP contribution is -2.21. The second kappa shape index (κ2) is 5.64. The van der Waals surface area contributed by atoms with Crippen LogP contribution in [0.3, 0.4) is 0 Å². The zero-order chi connectivity index (χ0) is 12.4. The third kappa shape index (κ3) is 2.51. The molecule has 5 nitrogen and oxygen atoms in total. The van der Waals surface area contributed by atoms with Crippen molar-refractivity contribution in [3.05, 3.63) is 46.0 Å². The van der Waals surface area contributed by atoms with Crippen molar-refractivity contribution < 1.29 is 9.53 Å². The molecule has 0 aliphatic heterocycles. The minimum Gasteiger partial charge on any atom is -0.461 e. The van der Waals surface area contributed by atoms with Crippen LogP contribution < -0.4 is 5.56 Å². The van der Waals surface area contributed by atoms with E-state index in [9.17, 15) is 9.59 Å². The van der Waals surface area contributed by atoms with Crippen LogP contribution in [-0.4, -0.2) is 22.0 Å². The van der Waals surface area contributed by atoms with E-state index in [1.807, 2.05) is 0 Å². The Kier molecular flexibility index (Phi) is 4.44. The molecule has 0 amide bonds. The molecule has 0 spiro atoms. The first kappa shape index (κ1) is 14.2. The number of halogens is 1. The quantitative estimate of drug-likeness (QED) is 0.776. The van der Waals surface area contributed by atoms with Gasteiger partial charge in [-0.3, -0.25) is 9.20 Å². The van der Waals surface area contributed by atoms with Crippen molar-refractivity contribution in [2.45, 2.75) is 13.8 Å². The summed E-state index contributed by atoms with van der Waals surface area (Å²) in [6.07, 6.45) is 0. The van der Waals surface area contributed by atoms with Gasteiger partial charge in [-0.15, -0.1) is 12.4 Å². The van der Waals surface area contributed by atoms with Gasteiger partial charge in [-0.05, 0) is 26.0 Å². The number of esters is 1. The van der Waals surface area contributed by atoms with E-state index >= 15 is 0 Å². The number of ether oxygens (including phenoxy) is 1. The van der Waals surface area contributed by atoms with Crippen molar-refractivity contribution in [3.8, 4) is 0 Å². The first-order chi connectivity index (χ1) is 8.13. The zero-order valence-electron chi connectivity index (χ0n) is 10.0. The maximum Gasteiger partial charge on any atom is 0.355 e. The summed E-state index contributed by atoms with van der Waals surface area (Å²) >= 11 is 0. The molecule has 0 fully saturated rings. The van der Waals surface area contributed by atoms with E-state index in [1.54, 1.807) is 32.0 Å². The van der Waals surface area contributed by atoms with E-state index in [0.29, 0.717) is 11.3 Å². The molecule has 0 saturated carbocycles. The molecule has 0 bridgehead atoms. The van der Waals surface area contributed by atoms with Crippen LogP contribution in [0.2, 0.25) is 0 Å². The predicted molar refractivity (Wildman–Crippen MR) is 69.4 cm³/mol. The standard InChI is InChI=1S/C12H12N2O3.ClH/c1-3-17-12(16)9-5-4-6-10-13-8(2)7-11(15)14(9)10;/h4-7H,3H2,1-2H3;1H. The average Bonchev–Trinajstić information content (AvgIpc) is 2.28. The maximum absolute atomic E-state index is 11.8. The van der Waals surface area contributed by atoms with Gasteiger partial charge in [-0.25, -0.2) is 9.78 Å². The van der Waals surface area contributed by atoms with Crippen LogP contribution in [0.5, 0.6) is 0 Å². The van der Waals surface area contributed by atoms with E-state index in [0.717, 1.165) is 0 Å². The molecule has 2 aromatic rings. The summed E-state index contributed by atoms with van der Waals surface area (Å²) in [6.45, 7) is 3.72. The van der Waals surface area contributed by atoms with Gasteiger partial charge in [-0.1, -0.05) is 6.07 Å². The number of carbonyl (C=O) groups is 1. The number of aryl methyl sites for hydroxylation is 1. The Labute approximate surface area is 110 Å². The molecule has 0 saturated heterocycles. The summed E-state index contributed by atoms with van der Waals surface area (Å²) in [5.41, 5.74) is 0.981. The Morgan fingerprint density at radius 1 is 1.44 bits per heavy atom. The lowest BCUT2D eigenvalue weighted by molar-refractivity contribution is 0.0517.